The first kappa shape index (κ1) is 22.2. The molecule has 0 aliphatic rings. The first-order valence-corrected chi connectivity index (χ1v) is 11.9. The van der Waals surface area contributed by atoms with Gasteiger partial charge in [-0.3, -0.25) is 4.79 Å². The van der Waals surface area contributed by atoms with Crippen LogP contribution in [0, 0.1) is 0 Å². The fourth-order valence-electron chi connectivity index (χ4n) is 2.71. The van der Waals surface area contributed by atoms with Gasteiger partial charge in [-0.15, -0.1) is 21.5 Å². The topological polar surface area (TPSA) is 59.8 Å². The number of carbonyl (C=O) groups is 1. The number of hydrogen-bond acceptors (Lipinski definition) is 5. The van der Waals surface area contributed by atoms with Gasteiger partial charge in [0.15, 0.2) is 11.0 Å². The van der Waals surface area contributed by atoms with E-state index in [1.54, 1.807) is 29.5 Å². The van der Waals surface area contributed by atoms with Gasteiger partial charge in [0.2, 0.25) is 5.91 Å². The predicted octanol–water partition coefficient (Wildman–Crippen LogP) is 6.58. The van der Waals surface area contributed by atoms with Crippen molar-refractivity contribution in [2.75, 3.05) is 11.1 Å². The highest BCUT2D eigenvalue weighted by Crippen LogP contribution is 2.31. The summed E-state index contributed by atoms with van der Waals surface area (Å²) in [5.74, 6) is 1.37. The van der Waals surface area contributed by atoms with E-state index in [9.17, 15) is 4.79 Å². The van der Waals surface area contributed by atoms with Crippen LogP contribution in [0.4, 0.5) is 5.69 Å². The number of nitrogens with one attached hydrogen (secondary N) is 1. The Morgan fingerprint density at radius 2 is 2.07 bits per heavy atom. The van der Waals surface area contributed by atoms with E-state index in [4.69, 9.17) is 23.2 Å². The molecule has 0 atom stereocenters. The number of carbonyl (C=O) groups excluding carboxylic acids is 1. The summed E-state index contributed by atoms with van der Waals surface area (Å²) >= 11 is 15.1. The number of aromatic nitrogens is 3. The highest BCUT2D eigenvalue weighted by Gasteiger charge is 2.17. The first-order chi connectivity index (χ1) is 13.9. The molecule has 0 saturated carbocycles. The van der Waals surface area contributed by atoms with Crippen molar-refractivity contribution in [1.82, 2.24) is 14.8 Å². The molecule has 0 spiro atoms. The Morgan fingerprint density at radius 1 is 1.28 bits per heavy atom. The second kappa shape index (κ2) is 9.98. The minimum absolute atomic E-state index is 0.163. The number of rotatable bonds is 8. The van der Waals surface area contributed by atoms with Crippen molar-refractivity contribution < 1.29 is 4.79 Å². The molecule has 0 radical (unpaired) electrons. The summed E-state index contributed by atoms with van der Waals surface area (Å²) in [6.45, 7) is 7.27. The third-order valence-electron chi connectivity index (χ3n) is 4.15. The molecule has 0 bridgehead atoms. The maximum Gasteiger partial charge on any atom is 0.234 e. The van der Waals surface area contributed by atoms with Crippen LogP contribution in [0.5, 0.6) is 0 Å². The van der Waals surface area contributed by atoms with Crippen molar-refractivity contribution in [2.24, 2.45) is 0 Å². The third-order valence-corrected chi connectivity index (χ3v) is 6.90. The smallest absolute Gasteiger partial charge is 0.234 e. The van der Waals surface area contributed by atoms with Crippen molar-refractivity contribution in [2.45, 2.75) is 44.8 Å². The van der Waals surface area contributed by atoms with E-state index >= 15 is 0 Å². The van der Waals surface area contributed by atoms with Gasteiger partial charge in [0, 0.05) is 27.4 Å². The Kier molecular flexibility index (Phi) is 7.62. The van der Waals surface area contributed by atoms with Crippen molar-refractivity contribution in [3.05, 3.63) is 44.6 Å². The quantitative estimate of drug-likeness (QED) is 0.379. The Balaban J connectivity index is 1.71. The van der Waals surface area contributed by atoms with Crippen LogP contribution in [0.25, 0.3) is 11.4 Å². The van der Waals surface area contributed by atoms with E-state index in [1.165, 1.54) is 16.6 Å². The Hall–Kier alpha value is -1.54. The molecule has 2 aromatic heterocycles. The Morgan fingerprint density at radius 3 is 2.72 bits per heavy atom. The van der Waals surface area contributed by atoms with Gasteiger partial charge in [-0.05, 0) is 36.6 Å². The SMILES string of the molecule is CCCn1c(SCC(=O)Nc2ccc(Cl)cc2Cl)nnc1-c1csc(C(C)C)c1. The van der Waals surface area contributed by atoms with Crippen LogP contribution in [0.15, 0.2) is 34.8 Å². The maximum absolute atomic E-state index is 12.4. The fraction of sp³-hybridized carbons (Fsp3) is 0.350. The van der Waals surface area contributed by atoms with Gasteiger partial charge < -0.3 is 9.88 Å². The number of nitrogens with zero attached hydrogens (tertiary/aromatic N) is 3. The normalized spacial score (nSPS) is 11.2. The van der Waals surface area contributed by atoms with Crippen LogP contribution in [0.1, 0.15) is 38.0 Å². The van der Waals surface area contributed by atoms with Gasteiger partial charge in [0.25, 0.3) is 0 Å². The lowest BCUT2D eigenvalue weighted by Gasteiger charge is -2.09. The van der Waals surface area contributed by atoms with E-state index in [0.717, 1.165) is 29.5 Å². The zero-order chi connectivity index (χ0) is 21.0. The minimum atomic E-state index is -0.163. The van der Waals surface area contributed by atoms with E-state index in [0.29, 0.717) is 21.7 Å². The molecule has 2 heterocycles. The largest absolute Gasteiger partial charge is 0.324 e. The lowest BCUT2D eigenvalue weighted by molar-refractivity contribution is -0.113. The maximum atomic E-state index is 12.4. The molecule has 5 nitrogen and oxygen atoms in total. The second-order valence-electron chi connectivity index (χ2n) is 6.81. The molecule has 29 heavy (non-hydrogen) atoms. The van der Waals surface area contributed by atoms with E-state index in [1.807, 2.05) is 0 Å². The van der Waals surface area contributed by atoms with E-state index in [-0.39, 0.29) is 11.7 Å². The van der Waals surface area contributed by atoms with Crippen LogP contribution in [-0.2, 0) is 11.3 Å². The van der Waals surface area contributed by atoms with Crippen molar-refractivity contribution in [1.29, 1.82) is 0 Å². The summed E-state index contributed by atoms with van der Waals surface area (Å²) in [7, 11) is 0. The highest BCUT2D eigenvalue weighted by atomic mass is 35.5. The molecule has 9 heteroatoms. The number of hydrogen-bond donors (Lipinski definition) is 1. The highest BCUT2D eigenvalue weighted by molar-refractivity contribution is 7.99. The molecule has 3 rings (SSSR count). The van der Waals surface area contributed by atoms with Crippen LogP contribution < -0.4 is 5.32 Å². The Labute approximate surface area is 188 Å². The molecule has 0 aliphatic carbocycles. The number of anilines is 1. The van der Waals surface area contributed by atoms with Crippen LogP contribution >= 0.6 is 46.3 Å². The van der Waals surface area contributed by atoms with Gasteiger partial charge in [0.05, 0.1) is 16.5 Å². The summed E-state index contributed by atoms with van der Waals surface area (Å²) in [5, 5.41) is 15.3. The van der Waals surface area contributed by atoms with E-state index < -0.39 is 0 Å². The minimum Gasteiger partial charge on any atom is -0.324 e. The average Bonchev–Trinajstić information content (AvgIpc) is 3.30. The monoisotopic (exact) mass is 468 g/mol. The molecular weight excluding hydrogens is 447 g/mol. The number of thioether (sulfide) groups is 1. The zero-order valence-electron chi connectivity index (χ0n) is 16.4. The molecule has 0 unspecified atom stereocenters. The van der Waals surface area contributed by atoms with Gasteiger partial charge in [-0.1, -0.05) is 55.7 Å². The van der Waals surface area contributed by atoms with Crippen molar-refractivity contribution in [3.8, 4) is 11.4 Å². The van der Waals surface area contributed by atoms with Crippen molar-refractivity contribution >= 4 is 57.9 Å². The lowest BCUT2D eigenvalue weighted by Crippen LogP contribution is -2.15. The summed E-state index contributed by atoms with van der Waals surface area (Å²) in [6, 6.07) is 7.15. The lowest BCUT2D eigenvalue weighted by atomic mass is 10.1. The van der Waals surface area contributed by atoms with Gasteiger partial charge in [-0.2, -0.15) is 0 Å². The van der Waals surface area contributed by atoms with Gasteiger partial charge >= 0.3 is 0 Å². The molecule has 0 fully saturated rings. The molecule has 154 valence electrons. The van der Waals surface area contributed by atoms with Crippen LogP contribution in [0.3, 0.4) is 0 Å². The number of amides is 1. The number of thiophene rings is 1. The fourth-order valence-corrected chi connectivity index (χ4v) is 4.84. The van der Waals surface area contributed by atoms with Crippen molar-refractivity contribution in [3.63, 3.8) is 0 Å². The molecule has 3 aromatic rings. The zero-order valence-corrected chi connectivity index (χ0v) is 19.6. The standard InChI is InChI=1S/C20H22Cl2N4OS2/c1-4-7-26-19(13-8-17(12(2)3)28-10-13)24-25-20(26)29-11-18(27)23-16-6-5-14(21)9-15(16)22/h5-6,8-10,12H,4,7,11H2,1-3H3,(H,23,27). The number of halogens is 2. The first-order valence-electron chi connectivity index (χ1n) is 9.28. The summed E-state index contributed by atoms with van der Waals surface area (Å²) in [5.41, 5.74) is 1.61. The molecular formula is C20H22Cl2N4OS2. The molecule has 1 N–H and O–H groups in total. The van der Waals surface area contributed by atoms with E-state index in [2.05, 4.69) is 52.3 Å². The third kappa shape index (κ3) is 5.54. The summed E-state index contributed by atoms with van der Waals surface area (Å²) < 4.78 is 2.08. The summed E-state index contributed by atoms with van der Waals surface area (Å²) in [4.78, 5) is 13.7. The molecule has 0 saturated heterocycles. The van der Waals surface area contributed by atoms with Crippen LogP contribution in [0.2, 0.25) is 10.0 Å². The summed E-state index contributed by atoms with van der Waals surface area (Å²) in [6.07, 6.45) is 0.951. The second-order valence-corrected chi connectivity index (χ2v) is 9.54. The number of benzene rings is 1. The molecule has 0 aliphatic heterocycles. The van der Waals surface area contributed by atoms with Gasteiger partial charge in [-0.25, -0.2) is 0 Å². The Bertz CT molecular complexity index is 1000. The molecule has 1 aromatic carbocycles. The van der Waals surface area contributed by atoms with Gasteiger partial charge in [0.1, 0.15) is 0 Å². The average molecular weight is 469 g/mol. The molecule has 1 amide bonds. The van der Waals surface area contributed by atoms with Crippen LogP contribution in [-0.4, -0.2) is 26.4 Å². The predicted molar refractivity (Wildman–Crippen MR) is 124 cm³/mol.